The van der Waals surface area contributed by atoms with Gasteiger partial charge >= 0.3 is 0 Å². The summed E-state index contributed by atoms with van der Waals surface area (Å²) < 4.78 is 5.23. The van der Waals surface area contributed by atoms with Crippen molar-refractivity contribution in [1.29, 1.82) is 0 Å². The Kier molecular flexibility index (Phi) is 6.69. The zero-order chi connectivity index (χ0) is 20.9. The zero-order valence-corrected chi connectivity index (χ0v) is 18.0. The standard InChI is InChI=1S/C23H33N5O2/c1-28-13-11-16(12-14-28)21-15-24-23(26-18-5-9-20(30-2)10-6-18)27-22(21)25-17-3-7-19(29)8-4-17/h5-6,9-10,15-17,19,29H,3-4,7-8,11-14H2,1-2H3,(H2,24,25,26,27). The Hall–Kier alpha value is -2.38. The number of aliphatic hydroxyl groups is 1. The molecule has 0 amide bonds. The Morgan fingerprint density at radius 2 is 1.73 bits per heavy atom. The van der Waals surface area contributed by atoms with Crippen molar-refractivity contribution in [2.24, 2.45) is 0 Å². The number of anilines is 3. The van der Waals surface area contributed by atoms with Crippen LogP contribution < -0.4 is 15.4 Å². The number of benzene rings is 1. The summed E-state index contributed by atoms with van der Waals surface area (Å²) in [4.78, 5) is 11.9. The lowest BCUT2D eigenvalue weighted by Crippen LogP contribution is -2.31. The van der Waals surface area contributed by atoms with Crippen molar-refractivity contribution in [3.05, 3.63) is 36.0 Å². The van der Waals surface area contributed by atoms with Crippen LogP contribution in [0.3, 0.4) is 0 Å². The summed E-state index contributed by atoms with van der Waals surface area (Å²) in [7, 11) is 3.84. The van der Waals surface area contributed by atoms with Gasteiger partial charge in [-0.05, 0) is 88.8 Å². The van der Waals surface area contributed by atoms with Crippen LogP contribution in [0.4, 0.5) is 17.5 Å². The van der Waals surface area contributed by atoms with Gasteiger partial charge in [0.15, 0.2) is 0 Å². The first-order valence-corrected chi connectivity index (χ1v) is 11.0. The van der Waals surface area contributed by atoms with Crippen molar-refractivity contribution < 1.29 is 9.84 Å². The molecule has 1 aliphatic heterocycles. The van der Waals surface area contributed by atoms with E-state index < -0.39 is 0 Å². The van der Waals surface area contributed by atoms with Crippen molar-refractivity contribution in [3.8, 4) is 5.75 Å². The number of ether oxygens (including phenoxy) is 1. The molecule has 2 fully saturated rings. The van der Waals surface area contributed by atoms with Crippen LogP contribution in [0.25, 0.3) is 0 Å². The average molecular weight is 412 g/mol. The molecule has 0 unspecified atom stereocenters. The third-order valence-corrected chi connectivity index (χ3v) is 6.36. The summed E-state index contributed by atoms with van der Waals surface area (Å²) in [6.45, 7) is 2.21. The SMILES string of the molecule is COc1ccc(Nc2ncc(C3CCN(C)CC3)c(NC3CCC(O)CC3)n2)cc1. The van der Waals surface area contributed by atoms with Crippen LogP contribution in [-0.2, 0) is 0 Å². The fourth-order valence-electron chi connectivity index (χ4n) is 4.40. The largest absolute Gasteiger partial charge is 0.497 e. The maximum absolute atomic E-state index is 9.84. The van der Waals surface area contributed by atoms with E-state index in [1.165, 1.54) is 5.56 Å². The highest BCUT2D eigenvalue weighted by molar-refractivity contribution is 5.58. The van der Waals surface area contributed by atoms with E-state index in [4.69, 9.17) is 9.72 Å². The maximum Gasteiger partial charge on any atom is 0.229 e. The first kappa shape index (κ1) is 20.9. The molecular formula is C23H33N5O2. The van der Waals surface area contributed by atoms with Crippen LogP contribution in [-0.4, -0.2) is 59.4 Å². The number of nitrogens with zero attached hydrogens (tertiary/aromatic N) is 3. The molecule has 1 aromatic carbocycles. The van der Waals surface area contributed by atoms with E-state index in [-0.39, 0.29) is 6.10 Å². The topological polar surface area (TPSA) is 82.5 Å². The third-order valence-electron chi connectivity index (χ3n) is 6.36. The summed E-state index contributed by atoms with van der Waals surface area (Å²) in [5.74, 6) is 2.83. The van der Waals surface area contributed by atoms with Crippen molar-refractivity contribution >= 4 is 17.5 Å². The summed E-state index contributed by atoms with van der Waals surface area (Å²) in [6, 6.07) is 8.11. The molecule has 0 bridgehead atoms. The lowest BCUT2D eigenvalue weighted by atomic mass is 9.89. The fraction of sp³-hybridized carbons (Fsp3) is 0.565. The molecule has 1 saturated carbocycles. The first-order chi connectivity index (χ1) is 14.6. The number of likely N-dealkylation sites (tertiary alicyclic amines) is 1. The van der Waals surface area contributed by atoms with Gasteiger partial charge in [-0.2, -0.15) is 4.98 Å². The van der Waals surface area contributed by atoms with E-state index in [1.807, 2.05) is 30.5 Å². The number of nitrogens with one attached hydrogen (secondary N) is 2. The second kappa shape index (κ2) is 9.62. The molecule has 0 spiro atoms. The molecule has 1 aromatic heterocycles. The van der Waals surface area contributed by atoms with E-state index in [0.717, 1.165) is 68.9 Å². The van der Waals surface area contributed by atoms with Gasteiger partial charge in [-0.15, -0.1) is 0 Å². The summed E-state index contributed by atoms with van der Waals surface area (Å²) in [5, 5.41) is 16.8. The van der Waals surface area contributed by atoms with Crippen molar-refractivity contribution in [1.82, 2.24) is 14.9 Å². The molecule has 2 aromatic rings. The number of aliphatic hydroxyl groups excluding tert-OH is 1. The Labute approximate surface area is 178 Å². The van der Waals surface area contributed by atoms with Gasteiger partial charge in [0.05, 0.1) is 13.2 Å². The number of hydrogen-bond donors (Lipinski definition) is 3. The summed E-state index contributed by atoms with van der Waals surface area (Å²) in [6.07, 6.45) is 7.74. The first-order valence-electron chi connectivity index (χ1n) is 11.0. The van der Waals surface area contributed by atoms with E-state index in [0.29, 0.717) is 17.9 Å². The van der Waals surface area contributed by atoms with E-state index in [1.54, 1.807) is 7.11 Å². The molecule has 1 saturated heterocycles. The van der Waals surface area contributed by atoms with Gasteiger partial charge in [0.2, 0.25) is 5.95 Å². The minimum Gasteiger partial charge on any atom is -0.497 e. The lowest BCUT2D eigenvalue weighted by Gasteiger charge is -2.32. The molecule has 0 atom stereocenters. The number of hydrogen-bond acceptors (Lipinski definition) is 7. The number of rotatable bonds is 6. The fourth-order valence-corrected chi connectivity index (χ4v) is 4.40. The Balaban J connectivity index is 1.54. The van der Waals surface area contributed by atoms with Gasteiger partial charge in [0.1, 0.15) is 11.6 Å². The molecule has 3 N–H and O–H groups in total. The van der Waals surface area contributed by atoms with Crippen molar-refractivity contribution in [2.75, 3.05) is 37.9 Å². The van der Waals surface area contributed by atoms with Gasteiger partial charge in [-0.3, -0.25) is 0 Å². The van der Waals surface area contributed by atoms with Crippen LogP contribution in [0.5, 0.6) is 5.75 Å². The van der Waals surface area contributed by atoms with Gasteiger partial charge in [-0.1, -0.05) is 0 Å². The third kappa shape index (κ3) is 5.21. The highest BCUT2D eigenvalue weighted by Crippen LogP contribution is 2.33. The van der Waals surface area contributed by atoms with Crippen LogP contribution in [0, 0.1) is 0 Å². The van der Waals surface area contributed by atoms with Crippen LogP contribution in [0.2, 0.25) is 0 Å². The predicted molar refractivity (Wildman–Crippen MR) is 120 cm³/mol. The minimum absolute atomic E-state index is 0.158. The van der Waals surface area contributed by atoms with Crippen LogP contribution >= 0.6 is 0 Å². The second-order valence-electron chi connectivity index (χ2n) is 8.58. The Bertz CT molecular complexity index is 813. The molecular weight excluding hydrogens is 378 g/mol. The molecule has 2 aliphatic rings. The Morgan fingerprint density at radius 1 is 1.03 bits per heavy atom. The molecule has 30 heavy (non-hydrogen) atoms. The number of piperidine rings is 1. The molecule has 162 valence electrons. The van der Waals surface area contributed by atoms with Crippen LogP contribution in [0.15, 0.2) is 30.5 Å². The molecule has 7 heteroatoms. The molecule has 7 nitrogen and oxygen atoms in total. The quantitative estimate of drug-likeness (QED) is 0.668. The lowest BCUT2D eigenvalue weighted by molar-refractivity contribution is 0.126. The van der Waals surface area contributed by atoms with Gasteiger partial charge in [0.25, 0.3) is 0 Å². The van der Waals surface area contributed by atoms with Crippen molar-refractivity contribution in [3.63, 3.8) is 0 Å². The monoisotopic (exact) mass is 411 g/mol. The highest BCUT2D eigenvalue weighted by Gasteiger charge is 2.25. The minimum atomic E-state index is -0.158. The Morgan fingerprint density at radius 3 is 2.40 bits per heavy atom. The molecule has 1 aliphatic carbocycles. The predicted octanol–water partition coefficient (Wildman–Crippen LogP) is 3.75. The molecule has 0 radical (unpaired) electrons. The zero-order valence-electron chi connectivity index (χ0n) is 18.0. The normalized spacial score (nSPS) is 23.2. The van der Waals surface area contributed by atoms with Crippen molar-refractivity contribution in [2.45, 2.75) is 56.6 Å². The van der Waals surface area contributed by atoms with E-state index >= 15 is 0 Å². The van der Waals surface area contributed by atoms with E-state index in [9.17, 15) is 5.11 Å². The van der Waals surface area contributed by atoms with Gasteiger partial charge in [0, 0.05) is 23.5 Å². The number of methoxy groups -OCH3 is 1. The maximum atomic E-state index is 9.84. The summed E-state index contributed by atoms with van der Waals surface area (Å²) in [5.41, 5.74) is 2.14. The highest BCUT2D eigenvalue weighted by atomic mass is 16.5. The smallest absolute Gasteiger partial charge is 0.229 e. The van der Waals surface area contributed by atoms with Gasteiger partial charge < -0.3 is 25.4 Å². The second-order valence-corrected chi connectivity index (χ2v) is 8.58. The van der Waals surface area contributed by atoms with Gasteiger partial charge in [-0.25, -0.2) is 4.98 Å². The average Bonchev–Trinajstić information content (AvgIpc) is 2.77. The van der Waals surface area contributed by atoms with Crippen LogP contribution in [0.1, 0.15) is 50.0 Å². The number of aromatic nitrogens is 2. The molecule has 4 rings (SSSR count). The molecule has 2 heterocycles. The van der Waals surface area contributed by atoms with E-state index in [2.05, 4.69) is 27.6 Å². The summed E-state index contributed by atoms with van der Waals surface area (Å²) >= 11 is 0.